The standard InChI is InChI=1S/C27H30O16/c28-6-15-19(33)22(36)24(38)26(41-15)18-11(32)5-14-17(21(18)35)10(31)4-13(40-14)8-1-2-12(9(30)3-8)42-27-25(39)23(37)20(34)16(7-29)43-27/h1-5,15-16,19-20,22-30,32-39H,6-7H2/t15-,16+,19+,20+,22-,23-,24+,25+,26-,27+/m0/s1. The Balaban J connectivity index is 1.46. The molecule has 2 aliphatic heterocycles. The van der Waals surface area contributed by atoms with Gasteiger partial charge in [0, 0.05) is 17.7 Å². The first-order chi connectivity index (χ1) is 20.4. The van der Waals surface area contributed by atoms with E-state index in [1.54, 1.807) is 0 Å². The van der Waals surface area contributed by atoms with Crippen LogP contribution in [0.5, 0.6) is 23.0 Å². The quantitative estimate of drug-likeness (QED) is 0.135. The Hall–Kier alpha value is -3.55. The highest BCUT2D eigenvalue weighted by molar-refractivity contribution is 5.88. The van der Waals surface area contributed by atoms with Crippen LogP contribution < -0.4 is 10.2 Å². The Kier molecular flexibility index (Phi) is 8.52. The molecule has 0 unspecified atom stereocenters. The van der Waals surface area contributed by atoms with E-state index in [1.807, 2.05) is 0 Å². The van der Waals surface area contributed by atoms with Crippen LogP contribution in [-0.4, -0.2) is 125 Å². The van der Waals surface area contributed by atoms with Crippen LogP contribution in [0.2, 0.25) is 0 Å². The third kappa shape index (κ3) is 5.38. The molecular weight excluding hydrogens is 580 g/mol. The van der Waals surface area contributed by atoms with E-state index < -0.39 is 108 Å². The molecule has 1 aromatic heterocycles. The van der Waals surface area contributed by atoms with Gasteiger partial charge in [-0.1, -0.05) is 0 Å². The molecule has 0 spiro atoms. The Labute approximate surface area is 241 Å². The van der Waals surface area contributed by atoms with Crippen LogP contribution in [0, 0.1) is 0 Å². The number of fused-ring (bicyclic) bond motifs is 1. The van der Waals surface area contributed by atoms with Crippen LogP contribution in [0.15, 0.2) is 39.5 Å². The van der Waals surface area contributed by atoms with Gasteiger partial charge in [-0.2, -0.15) is 0 Å². The molecule has 43 heavy (non-hydrogen) atoms. The molecule has 0 saturated carbocycles. The molecule has 0 amide bonds. The number of aromatic hydroxyl groups is 3. The number of hydrogen-bond acceptors (Lipinski definition) is 16. The van der Waals surface area contributed by atoms with Crippen molar-refractivity contribution in [1.82, 2.24) is 0 Å². The Morgan fingerprint density at radius 3 is 1.98 bits per heavy atom. The van der Waals surface area contributed by atoms with Crippen molar-refractivity contribution in [2.24, 2.45) is 0 Å². The Bertz CT molecular complexity index is 1540. The van der Waals surface area contributed by atoms with Gasteiger partial charge in [0.2, 0.25) is 6.29 Å². The monoisotopic (exact) mass is 610 g/mol. The average Bonchev–Trinajstić information content (AvgIpc) is 2.97. The second kappa shape index (κ2) is 11.9. The largest absolute Gasteiger partial charge is 0.507 e. The Morgan fingerprint density at radius 1 is 0.721 bits per heavy atom. The number of ether oxygens (including phenoxy) is 3. The second-order valence-electron chi connectivity index (χ2n) is 10.3. The van der Waals surface area contributed by atoms with Crippen molar-refractivity contribution in [3.63, 3.8) is 0 Å². The van der Waals surface area contributed by atoms with Crippen molar-refractivity contribution >= 4 is 11.0 Å². The van der Waals surface area contributed by atoms with Crippen LogP contribution >= 0.6 is 0 Å². The zero-order valence-corrected chi connectivity index (χ0v) is 22.0. The summed E-state index contributed by atoms with van der Waals surface area (Å²) in [6.07, 6.45) is -16.2. The van der Waals surface area contributed by atoms with Crippen LogP contribution in [0.3, 0.4) is 0 Å². The first-order valence-corrected chi connectivity index (χ1v) is 13.0. The second-order valence-corrected chi connectivity index (χ2v) is 10.3. The van der Waals surface area contributed by atoms with Crippen molar-refractivity contribution < 1.29 is 74.8 Å². The SMILES string of the molecule is O=c1cc(-c2ccc(O[C@@H]3O[C@H](CO)[C@@H](O)[C@H](O)[C@H]3O)c(O)c2)oc2cc(O)c([C@@H]3O[C@@H](CO)[C@@H](O)[C@H](O)[C@H]3O)c(O)c12. The van der Waals surface area contributed by atoms with E-state index in [2.05, 4.69) is 0 Å². The van der Waals surface area contributed by atoms with Gasteiger partial charge in [-0.15, -0.1) is 0 Å². The van der Waals surface area contributed by atoms with E-state index in [0.29, 0.717) is 0 Å². The number of hydrogen-bond donors (Lipinski definition) is 11. The van der Waals surface area contributed by atoms with Crippen LogP contribution in [0.25, 0.3) is 22.3 Å². The van der Waals surface area contributed by atoms with E-state index >= 15 is 0 Å². The van der Waals surface area contributed by atoms with Gasteiger partial charge in [-0.05, 0) is 18.2 Å². The summed E-state index contributed by atoms with van der Waals surface area (Å²) in [7, 11) is 0. The summed E-state index contributed by atoms with van der Waals surface area (Å²) in [6, 6.07) is 5.58. The fraction of sp³-hybridized carbons (Fsp3) is 0.444. The molecule has 16 nitrogen and oxygen atoms in total. The highest BCUT2D eigenvalue weighted by Crippen LogP contribution is 2.45. The van der Waals surface area contributed by atoms with Gasteiger partial charge < -0.3 is 74.8 Å². The highest BCUT2D eigenvalue weighted by Gasteiger charge is 2.47. The smallest absolute Gasteiger partial charge is 0.229 e. The number of phenolic OH excluding ortho intramolecular Hbond substituents is 3. The lowest BCUT2D eigenvalue weighted by atomic mass is 9.89. The molecule has 2 aromatic carbocycles. The molecule has 0 aliphatic carbocycles. The number of phenols is 3. The van der Waals surface area contributed by atoms with Crippen LogP contribution in [-0.2, 0) is 9.47 Å². The fourth-order valence-corrected chi connectivity index (χ4v) is 5.13. The lowest BCUT2D eigenvalue weighted by molar-refractivity contribution is -0.277. The van der Waals surface area contributed by atoms with Crippen molar-refractivity contribution in [2.75, 3.05) is 13.2 Å². The van der Waals surface area contributed by atoms with Crippen molar-refractivity contribution in [3.05, 3.63) is 46.1 Å². The normalized spacial score (nSPS) is 33.0. The van der Waals surface area contributed by atoms with Gasteiger partial charge in [0.15, 0.2) is 16.9 Å². The highest BCUT2D eigenvalue weighted by atomic mass is 16.7. The first-order valence-electron chi connectivity index (χ1n) is 13.0. The minimum Gasteiger partial charge on any atom is -0.507 e. The fourth-order valence-electron chi connectivity index (χ4n) is 5.13. The molecule has 11 N–H and O–H groups in total. The zero-order valence-electron chi connectivity index (χ0n) is 22.0. The third-order valence-corrected chi connectivity index (χ3v) is 7.52. The number of aliphatic hydroxyl groups excluding tert-OH is 8. The zero-order chi connectivity index (χ0) is 31.3. The molecule has 0 bridgehead atoms. The maximum atomic E-state index is 13.1. The molecule has 5 rings (SSSR count). The molecule has 2 fully saturated rings. The maximum Gasteiger partial charge on any atom is 0.229 e. The summed E-state index contributed by atoms with van der Waals surface area (Å²) in [6.45, 7) is -1.45. The third-order valence-electron chi connectivity index (χ3n) is 7.52. The summed E-state index contributed by atoms with van der Waals surface area (Å²) in [5, 5.41) is 111. The summed E-state index contributed by atoms with van der Waals surface area (Å²) in [5.41, 5.74) is -1.50. The summed E-state index contributed by atoms with van der Waals surface area (Å²) in [5.74, 6) is -2.45. The molecule has 3 aromatic rings. The molecule has 2 aliphatic rings. The molecule has 234 valence electrons. The molecule has 0 radical (unpaired) electrons. The predicted octanol–water partition coefficient (Wildman–Crippen LogP) is -2.73. The first kappa shape index (κ1) is 30.9. The van der Waals surface area contributed by atoms with Gasteiger partial charge in [0.1, 0.15) is 83.2 Å². The van der Waals surface area contributed by atoms with Crippen molar-refractivity contribution in [3.8, 4) is 34.3 Å². The average molecular weight is 611 g/mol. The van der Waals surface area contributed by atoms with Gasteiger partial charge in [-0.3, -0.25) is 4.79 Å². The lowest BCUT2D eigenvalue weighted by Gasteiger charge is -2.40. The Morgan fingerprint density at radius 2 is 1.35 bits per heavy atom. The van der Waals surface area contributed by atoms with Gasteiger partial charge in [0.25, 0.3) is 0 Å². The van der Waals surface area contributed by atoms with Gasteiger partial charge >= 0.3 is 0 Å². The molecule has 10 atom stereocenters. The van der Waals surface area contributed by atoms with E-state index in [-0.39, 0.29) is 22.7 Å². The predicted molar refractivity (Wildman–Crippen MR) is 140 cm³/mol. The minimum atomic E-state index is -1.86. The molecular formula is C27H30O16. The van der Waals surface area contributed by atoms with Crippen molar-refractivity contribution in [2.45, 2.75) is 61.2 Å². The van der Waals surface area contributed by atoms with E-state index in [9.17, 15) is 61.0 Å². The summed E-state index contributed by atoms with van der Waals surface area (Å²) >= 11 is 0. The number of benzene rings is 2. The molecule has 16 heteroatoms. The van der Waals surface area contributed by atoms with E-state index in [4.69, 9.17) is 18.6 Å². The summed E-state index contributed by atoms with van der Waals surface area (Å²) in [4.78, 5) is 13.1. The molecule has 3 heterocycles. The molecule has 2 saturated heterocycles. The van der Waals surface area contributed by atoms with E-state index in [0.717, 1.165) is 18.2 Å². The number of aliphatic hydroxyl groups is 8. The van der Waals surface area contributed by atoms with Crippen LogP contribution in [0.4, 0.5) is 0 Å². The van der Waals surface area contributed by atoms with E-state index in [1.165, 1.54) is 12.1 Å². The minimum absolute atomic E-state index is 0.120. The van der Waals surface area contributed by atoms with Gasteiger partial charge in [-0.25, -0.2) is 0 Å². The lowest BCUT2D eigenvalue weighted by Crippen LogP contribution is -2.60. The van der Waals surface area contributed by atoms with Gasteiger partial charge in [0.05, 0.1) is 18.8 Å². The van der Waals surface area contributed by atoms with Crippen molar-refractivity contribution in [1.29, 1.82) is 0 Å². The van der Waals surface area contributed by atoms with Crippen LogP contribution in [0.1, 0.15) is 11.7 Å². The number of rotatable bonds is 6. The topological polar surface area (TPSA) is 280 Å². The maximum absolute atomic E-state index is 13.1. The summed E-state index contributed by atoms with van der Waals surface area (Å²) < 4.78 is 21.8.